The first-order valence-corrected chi connectivity index (χ1v) is 10.4. The fourth-order valence-electron chi connectivity index (χ4n) is 3.60. The number of aryl methyl sites for hydroxylation is 1. The molecule has 0 radical (unpaired) electrons. The van der Waals surface area contributed by atoms with Gasteiger partial charge in [-0.25, -0.2) is 0 Å². The molecule has 1 N–H and O–H groups in total. The molecule has 1 unspecified atom stereocenters. The second-order valence-corrected chi connectivity index (χ2v) is 8.04. The summed E-state index contributed by atoms with van der Waals surface area (Å²) in [7, 11) is 1.58. The highest BCUT2D eigenvalue weighted by Gasteiger charge is 2.47. The molecule has 1 atom stereocenters. The van der Waals surface area contributed by atoms with Gasteiger partial charge in [0.2, 0.25) is 0 Å². The van der Waals surface area contributed by atoms with E-state index in [0.29, 0.717) is 49.2 Å². The van der Waals surface area contributed by atoms with Gasteiger partial charge in [0.15, 0.2) is 0 Å². The summed E-state index contributed by atoms with van der Waals surface area (Å²) >= 11 is 0. The van der Waals surface area contributed by atoms with Gasteiger partial charge in [-0.3, -0.25) is 9.59 Å². The maximum atomic E-state index is 12.9. The molecule has 2 heterocycles. The molecule has 0 aliphatic carbocycles. The van der Waals surface area contributed by atoms with Crippen molar-refractivity contribution in [2.24, 2.45) is 5.92 Å². The van der Waals surface area contributed by atoms with Crippen LogP contribution in [0.1, 0.15) is 43.2 Å². The third kappa shape index (κ3) is 4.82. The summed E-state index contributed by atoms with van der Waals surface area (Å²) in [6, 6.07) is 7.81. The molecule has 166 valence electrons. The number of carbonyl (C=O) groups is 2. The number of likely N-dealkylation sites (tertiary alicyclic amines) is 1. The van der Waals surface area contributed by atoms with Crippen molar-refractivity contribution in [2.75, 3.05) is 26.9 Å². The molecule has 0 spiro atoms. The quantitative estimate of drug-likeness (QED) is 0.281. The van der Waals surface area contributed by atoms with E-state index >= 15 is 0 Å². The second-order valence-electron chi connectivity index (χ2n) is 8.04. The summed E-state index contributed by atoms with van der Waals surface area (Å²) in [6.07, 6.45) is 2.04. The molecule has 1 fully saturated rings. The highest BCUT2D eigenvalue weighted by molar-refractivity contribution is 6.46. The van der Waals surface area contributed by atoms with Crippen LogP contribution >= 0.6 is 0 Å². The van der Waals surface area contributed by atoms with E-state index < -0.39 is 17.7 Å². The summed E-state index contributed by atoms with van der Waals surface area (Å²) in [5.41, 5.74) is 1.29. The van der Waals surface area contributed by atoms with Crippen LogP contribution in [-0.4, -0.2) is 48.6 Å². The first kappa shape index (κ1) is 22.6. The minimum absolute atomic E-state index is 0.0209. The molecule has 1 aliphatic heterocycles. The van der Waals surface area contributed by atoms with Crippen LogP contribution in [0.15, 0.2) is 46.6 Å². The van der Waals surface area contributed by atoms with E-state index in [-0.39, 0.29) is 11.3 Å². The van der Waals surface area contributed by atoms with E-state index in [2.05, 4.69) is 13.8 Å². The van der Waals surface area contributed by atoms with Crippen LogP contribution in [0.3, 0.4) is 0 Å². The Morgan fingerprint density at radius 1 is 1.26 bits per heavy atom. The molecule has 31 heavy (non-hydrogen) atoms. The van der Waals surface area contributed by atoms with Crippen LogP contribution in [0.5, 0.6) is 5.75 Å². The molecule has 1 aliphatic rings. The van der Waals surface area contributed by atoms with E-state index in [9.17, 15) is 14.7 Å². The molecule has 1 saturated heterocycles. The van der Waals surface area contributed by atoms with Gasteiger partial charge in [0.1, 0.15) is 23.3 Å². The number of ether oxygens (including phenoxy) is 2. The smallest absolute Gasteiger partial charge is 0.295 e. The van der Waals surface area contributed by atoms with Crippen molar-refractivity contribution in [1.29, 1.82) is 0 Å². The van der Waals surface area contributed by atoms with Gasteiger partial charge < -0.3 is 23.9 Å². The Bertz CT molecular complexity index is 960. The largest absolute Gasteiger partial charge is 0.507 e. The fourth-order valence-corrected chi connectivity index (χ4v) is 3.60. The molecule has 0 saturated carbocycles. The Morgan fingerprint density at radius 2 is 2.03 bits per heavy atom. The Morgan fingerprint density at radius 3 is 2.65 bits per heavy atom. The monoisotopic (exact) mass is 427 g/mol. The van der Waals surface area contributed by atoms with Crippen LogP contribution in [0, 0.1) is 12.8 Å². The van der Waals surface area contributed by atoms with Gasteiger partial charge in [0.25, 0.3) is 11.7 Å². The Balaban J connectivity index is 2.00. The molecular formula is C24H29NO6. The van der Waals surface area contributed by atoms with E-state index in [4.69, 9.17) is 13.9 Å². The third-order valence-electron chi connectivity index (χ3n) is 5.12. The molecule has 0 bridgehead atoms. The minimum Gasteiger partial charge on any atom is -0.507 e. The topological polar surface area (TPSA) is 89.2 Å². The Labute approximate surface area is 182 Å². The summed E-state index contributed by atoms with van der Waals surface area (Å²) in [5, 5.41) is 11.1. The molecular weight excluding hydrogens is 398 g/mol. The van der Waals surface area contributed by atoms with E-state index in [1.807, 2.05) is 6.92 Å². The highest BCUT2D eigenvalue weighted by Crippen LogP contribution is 2.40. The van der Waals surface area contributed by atoms with Crippen molar-refractivity contribution in [3.63, 3.8) is 0 Å². The number of aliphatic hydroxyl groups excluding tert-OH is 1. The predicted octanol–water partition coefficient (Wildman–Crippen LogP) is 4.08. The average Bonchev–Trinajstić information content (AvgIpc) is 3.35. The summed E-state index contributed by atoms with van der Waals surface area (Å²) < 4.78 is 16.4. The van der Waals surface area contributed by atoms with Crippen LogP contribution < -0.4 is 4.74 Å². The molecule has 1 aromatic heterocycles. The van der Waals surface area contributed by atoms with Crippen molar-refractivity contribution >= 4 is 17.4 Å². The van der Waals surface area contributed by atoms with Gasteiger partial charge in [0, 0.05) is 25.8 Å². The van der Waals surface area contributed by atoms with Crippen molar-refractivity contribution < 1.29 is 28.6 Å². The minimum atomic E-state index is -0.788. The van der Waals surface area contributed by atoms with Gasteiger partial charge in [-0.2, -0.15) is 0 Å². The van der Waals surface area contributed by atoms with E-state index in [1.54, 1.807) is 37.4 Å². The number of amides is 1. The zero-order valence-electron chi connectivity index (χ0n) is 18.4. The van der Waals surface area contributed by atoms with Crippen LogP contribution in [-0.2, 0) is 14.3 Å². The lowest BCUT2D eigenvalue weighted by molar-refractivity contribution is -0.140. The van der Waals surface area contributed by atoms with Gasteiger partial charge in [0.05, 0.1) is 18.4 Å². The first-order chi connectivity index (χ1) is 14.8. The van der Waals surface area contributed by atoms with Gasteiger partial charge in [-0.05, 0) is 55.2 Å². The zero-order chi connectivity index (χ0) is 22.5. The molecule has 3 rings (SSSR count). The number of furan rings is 1. The maximum Gasteiger partial charge on any atom is 0.295 e. The normalized spacial score (nSPS) is 18.2. The number of rotatable bonds is 9. The SMILES string of the molecule is COCCCN1C(=O)C(=O)/C(=C(\O)c2ccc(OCC(C)C)c(C)c2)C1c1ccco1. The number of hydrogen-bond donors (Lipinski definition) is 1. The van der Waals surface area contributed by atoms with Crippen LogP contribution in [0.2, 0.25) is 0 Å². The van der Waals surface area contributed by atoms with Gasteiger partial charge in [-0.15, -0.1) is 0 Å². The number of Topliss-reactive ketones (excluding diaryl/α,β-unsaturated/α-hetero) is 1. The number of carbonyl (C=O) groups excluding carboxylic acids is 2. The molecule has 1 amide bonds. The van der Waals surface area contributed by atoms with Crippen molar-refractivity contribution in [3.8, 4) is 5.75 Å². The van der Waals surface area contributed by atoms with E-state index in [0.717, 1.165) is 5.56 Å². The lowest BCUT2D eigenvalue weighted by atomic mass is 9.98. The van der Waals surface area contributed by atoms with Gasteiger partial charge in [-0.1, -0.05) is 13.8 Å². The number of aliphatic hydroxyl groups is 1. The van der Waals surface area contributed by atoms with Gasteiger partial charge >= 0.3 is 0 Å². The average molecular weight is 427 g/mol. The summed E-state index contributed by atoms with van der Waals surface area (Å²) in [5.74, 6) is -0.0937. The lowest BCUT2D eigenvalue weighted by Crippen LogP contribution is -2.31. The highest BCUT2D eigenvalue weighted by atomic mass is 16.5. The summed E-state index contributed by atoms with van der Waals surface area (Å²) in [4.78, 5) is 27.1. The number of nitrogens with zero attached hydrogens (tertiary/aromatic N) is 1. The number of methoxy groups -OCH3 is 1. The number of benzene rings is 1. The second kappa shape index (κ2) is 9.83. The standard InChI is InChI=1S/C24H29NO6/c1-15(2)14-31-18-9-8-17(13-16(18)3)22(26)20-21(19-7-5-12-30-19)25(10-6-11-29-4)24(28)23(20)27/h5,7-9,12-13,15,21,26H,6,10-11,14H2,1-4H3/b22-20-. The maximum absolute atomic E-state index is 12.9. The zero-order valence-corrected chi connectivity index (χ0v) is 18.4. The van der Waals surface area contributed by atoms with E-state index in [1.165, 1.54) is 11.2 Å². The molecule has 7 heteroatoms. The first-order valence-electron chi connectivity index (χ1n) is 10.4. The van der Waals surface area contributed by atoms with Crippen LogP contribution in [0.25, 0.3) is 5.76 Å². The van der Waals surface area contributed by atoms with Crippen molar-refractivity contribution in [1.82, 2.24) is 4.90 Å². The van der Waals surface area contributed by atoms with Crippen molar-refractivity contribution in [2.45, 2.75) is 33.2 Å². The van der Waals surface area contributed by atoms with Crippen molar-refractivity contribution in [3.05, 3.63) is 59.1 Å². The number of ketones is 1. The molecule has 7 nitrogen and oxygen atoms in total. The fraction of sp³-hybridized carbons (Fsp3) is 0.417. The Kier molecular flexibility index (Phi) is 7.17. The predicted molar refractivity (Wildman–Crippen MR) is 116 cm³/mol. The lowest BCUT2D eigenvalue weighted by Gasteiger charge is -2.23. The molecule has 2 aromatic rings. The summed E-state index contributed by atoms with van der Waals surface area (Å²) in [6.45, 7) is 7.34. The van der Waals surface area contributed by atoms with Crippen LogP contribution in [0.4, 0.5) is 0 Å². The Hall–Kier alpha value is -3.06. The molecule has 1 aromatic carbocycles. The third-order valence-corrected chi connectivity index (χ3v) is 5.12. The number of hydrogen-bond acceptors (Lipinski definition) is 6.